The molecule has 0 saturated heterocycles. The molecule has 6 heteroatoms. The molecular formula is C14H11LiN2O3. The average molecular weight is 262 g/mol. The molecule has 20 heavy (non-hydrogen) atoms. The first kappa shape index (κ1) is 14.4. The van der Waals surface area contributed by atoms with Crippen LogP contribution in [0.1, 0.15) is 10.4 Å². The number of anilines is 2. The van der Waals surface area contributed by atoms with Gasteiger partial charge in [-0.1, -0.05) is 12.1 Å². The van der Waals surface area contributed by atoms with Crippen molar-refractivity contribution in [1.82, 2.24) is 4.98 Å². The van der Waals surface area contributed by atoms with E-state index in [1.165, 1.54) is 6.07 Å². The Morgan fingerprint density at radius 3 is 2.95 bits per heavy atom. The molecule has 0 radical (unpaired) electrons. The van der Waals surface area contributed by atoms with E-state index < -0.39 is 5.97 Å². The second kappa shape index (κ2) is 5.99. The Balaban J connectivity index is 0.00000147. The summed E-state index contributed by atoms with van der Waals surface area (Å²) in [5, 5.41) is 10.9. The van der Waals surface area contributed by atoms with Gasteiger partial charge in [-0.25, -0.2) is 4.98 Å². The zero-order valence-corrected chi connectivity index (χ0v) is 11.1. The van der Waals surface area contributed by atoms with Crippen LogP contribution < -0.4 is 33.6 Å². The monoisotopic (exact) mass is 262 g/mol. The number of carboxylic acids is 1. The van der Waals surface area contributed by atoms with Crippen LogP contribution in [-0.4, -0.2) is 24.1 Å². The van der Waals surface area contributed by atoms with Gasteiger partial charge in [0.05, 0.1) is 12.5 Å². The van der Waals surface area contributed by atoms with Gasteiger partial charge < -0.3 is 19.5 Å². The summed E-state index contributed by atoms with van der Waals surface area (Å²) < 4.78 is 5.47. The van der Waals surface area contributed by atoms with Gasteiger partial charge in [0.25, 0.3) is 0 Å². The number of aromatic nitrogens is 1. The zero-order chi connectivity index (χ0) is 13.2. The Morgan fingerprint density at radius 2 is 2.15 bits per heavy atom. The summed E-state index contributed by atoms with van der Waals surface area (Å²) >= 11 is 0. The van der Waals surface area contributed by atoms with E-state index in [2.05, 4.69) is 4.98 Å². The normalized spacial score (nSPS) is 12.9. The second-order valence-electron chi connectivity index (χ2n) is 4.17. The van der Waals surface area contributed by atoms with Crippen molar-refractivity contribution in [2.75, 3.05) is 18.1 Å². The number of hydrogen-bond acceptors (Lipinski definition) is 5. The van der Waals surface area contributed by atoms with Crippen LogP contribution in [0.3, 0.4) is 0 Å². The summed E-state index contributed by atoms with van der Waals surface area (Å²) in [4.78, 5) is 17.1. The Kier molecular flexibility index (Phi) is 4.33. The molecule has 2 heterocycles. The van der Waals surface area contributed by atoms with Crippen molar-refractivity contribution in [1.29, 1.82) is 0 Å². The molecule has 5 nitrogen and oxygen atoms in total. The zero-order valence-electron chi connectivity index (χ0n) is 11.1. The number of nitrogens with zero attached hydrogens (tertiary/aromatic N) is 2. The predicted molar refractivity (Wildman–Crippen MR) is 67.5 cm³/mol. The molecule has 0 bridgehead atoms. The van der Waals surface area contributed by atoms with E-state index >= 15 is 0 Å². The first-order valence-corrected chi connectivity index (χ1v) is 5.92. The number of carboxylic acid groups (broad SMARTS) is 1. The minimum atomic E-state index is -1.18. The minimum absolute atomic E-state index is 0. The van der Waals surface area contributed by atoms with E-state index in [-0.39, 0.29) is 24.4 Å². The summed E-state index contributed by atoms with van der Waals surface area (Å²) in [7, 11) is 0. The third-order valence-corrected chi connectivity index (χ3v) is 2.99. The van der Waals surface area contributed by atoms with Crippen LogP contribution in [0.4, 0.5) is 11.4 Å². The number of carbonyl (C=O) groups excluding carboxylic acids is 1. The van der Waals surface area contributed by atoms with Crippen LogP contribution in [0, 0.1) is 0 Å². The number of rotatable bonds is 2. The van der Waals surface area contributed by atoms with Crippen molar-refractivity contribution in [3.63, 3.8) is 0 Å². The molecule has 2 aromatic rings. The van der Waals surface area contributed by atoms with Crippen LogP contribution in [0.15, 0.2) is 42.6 Å². The molecule has 0 amide bonds. The van der Waals surface area contributed by atoms with Crippen molar-refractivity contribution < 1.29 is 33.5 Å². The van der Waals surface area contributed by atoms with Crippen molar-refractivity contribution in [3.05, 3.63) is 48.2 Å². The summed E-state index contributed by atoms with van der Waals surface area (Å²) in [6.07, 6.45) is 1.67. The smallest absolute Gasteiger partial charge is 0.545 e. The number of aromatic carboxylic acids is 1. The van der Waals surface area contributed by atoms with Crippen LogP contribution >= 0.6 is 0 Å². The maximum absolute atomic E-state index is 10.9. The van der Waals surface area contributed by atoms with E-state index in [9.17, 15) is 9.90 Å². The molecule has 1 aliphatic rings. The van der Waals surface area contributed by atoms with Crippen molar-refractivity contribution in [2.24, 2.45) is 0 Å². The number of carbonyl (C=O) groups is 1. The molecule has 0 saturated carbocycles. The van der Waals surface area contributed by atoms with Gasteiger partial charge >= 0.3 is 18.9 Å². The molecule has 96 valence electrons. The molecular weight excluding hydrogens is 251 g/mol. The minimum Gasteiger partial charge on any atom is -0.545 e. The Hall–Kier alpha value is -1.96. The van der Waals surface area contributed by atoms with Gasteiger partial charge in [0.1, 0.15) is 12.3 Å². The van der Waals surface area contributed by atoms with Crippen molar-refractivity contribution >= 4 is 17.3 Å². The topological polar surface area (TPSA) is 65.5 Å². The molecule has 0 N–H and O–H groups in total. The maximum atomic E-state index is 10.9. The Labute approximate surface area is 128 Å². The third-order valence-electron chi connectivity index (χ3n) is 2.99. The van der Waals surface area contributed by atoms with Crippen LogP contribution in [0.2, 0.25) is 0 Å². The molecule has 0 atom stereocenters. The molecule has 0 unspecified atom stereocenters. The van der Waals surface area contributed by atoms with E-state index in [4.69, 9.17) is 4.74 Å². The number of hydrogen-bond donors (Lipinski definition) is 0. The summed E-state index contributed by atoms with van der Waals surface area (Å²) in [6.45, 7) is 1.16. The molecule has 3 rings (SSSR count). The van der Waals surface area contributed by atoms with Gasteiger partial charge in [0.2, 0.25) is 5.88 Å². The fourth-order valence-electron chi connectivity index (χ4n) is 2.12. The number of ether oxygens (including phenoxy) is 1. The van der Waals surface area contributed by atoms with Gasteiger partial charge in [0.15, 0.2) is 0 Å². The van der Waals surface area contributed by atoms with Crippen LogP contribution in [0.25, 0.3) is 0 Å². The number of fused-ring (bicyclic) bond motifs is 1. The molecule has 1 aromatic carbocycles. The van der Waals surface area contributed by atoms with Gasteiger partial charge in [-0.2, -0.15) is 0 Å². The molecule has 1 aliphatic heterocycles. The van der Waals surface area contributed by atoms with E-state index in [1.54, 1.807) is 18.3 Å². The SMILES string of the molecule is O=C([O-])c1cccc(N2CCOc3ncccc32)c1.[Li+]. The predicted octanol–water partition coefficient (Wildman–Crippen LogP) is -2.02. The summed E-state index contributed by atoms with van der Waals surface area (Å²) in [5.41, 5.74) is 1.79. The van der Waals surface area contributed by atoms with Gasteiger partial charge in [-0.05, 0) is 29.8 Å². The number of pyridine rings is 1. The largest absolute Gasteiger partial charge is 1.00 e. The standard InChI is InChI=1S/C14H12N2O3.Li/c17-14(18)10-3-1-4-11(9-10)16-7-8-19-13-12(16)5-2-6-15-13;/h1-6,9H,7-8H2,(H,17,18);/q;+1/p-1. The van der Waals surface area contributed by atoms with Crippen molar-refractivity contribution in [3.8, 4) is 5.88 Å². The van der Waals surface area contributed by atoms with Crippen LogP contribution in [-0.2, 0) is 0 Å². The molecule has 1 aromatic heterocycles. The fourth-order valence-corrected chi connectivity index (χ4v) is 2.12. The number of benzene rings is 1. The second-order valence-corrected chi connectivity index (χ2v) is 4.17. The third kappa shape index (κ3) is 2.64. The molecule has 0 spiro atoms. The van der Waals surface area contributed by atoms with Crippen molar-refractivity contribution in [2.45, 2.75) is 0 Å². The van der Waals surface area contributed by atoms with Gasteiger partial charge in [-0.15, -0.1) is 0 Å². The Bertz CT molecular complexity index is 633. The fraction of sp³-hybridized carbons (Fsp3) is 0.143. The van der Waals surface area contributed by atoms with Gasteiger partial charge in [0, 0.05) is 11.9 Å². The van der Waals surface area contributed by atoms with E-state index in [1.807, 2.05) is 23.1 Å². The quantitative estimate of drug-likeness (QED) is 0.585. The maximum Gasteiger partial charge on any atom is 1.00 e. The van der Waals surface area contributed by atoms with E-state index in [0.717, 1.165) is 11.4 Å². The average Bonchev–Trinajstić information content (AvgIpc) is 2.47. The van der Waals surface area contributed by atoms with Crippen LogP contribution in [0.5, 0.6) is 5.88 Å². The first-order chi connectivity index (χ1) is 9.25. The van der Waals surface area contributed by atoms with Gasteiger partial charge in [-0.3, -0.25) is 0 Å². The summed E-state index contributed by atoms with van der Waals surface area (Å²) in [5.74, 6) is -0.617. The van der Waals surface area contributed by atoms with E-state index in [0.29, 0.717) is 19.0 Å². The Morgan fingerprint density at radius 1 is 1.30 bits per heavy atom. The molecule has 0 fully saturated rings. The molecule has 0 aliphatic carbocycles. The summed E-state index contributed by atoms with van der Waals surface area (Å²) in [6, 6.07) is 10.4. The first-order valence-electron chi connectivity index (χ1n) is 5.92.